The van der Waals surface area contributed by atoms with Crippen LogP contribution >= 0.6 is 11.6 Å². The summed E-state index contributed by atoms with van der Waals surface area (Å²) in [5, 5.41) is 8.63. The maximum atomic E-state index is 18.0. The summed E-state index contributed by atoms with van der Waals surface area (Å²) in [5.74, 6) is -0.496. The van der Waals surface area contributed by atoms with Crippen LogP contribution in [0.25, 0.3) is 38.6 Å². The number of amides is 1. The number of aryl methyl sites for hydroxylation is 2. The van der Waals surface area contributed by atoms with Crippen LogP contribution in [0.3, 0.4) is 0 Å². The summed E-state index contributed by atoms with van der Waals surface area (Å²) in [7, 11) is 1.93. The van der Waals surface area contributed by atoms with Crippen LogP contribution in [-0.4, -0.2) is 74.3 Å². The number of fused-ring (bicyclic) bond motifs is 3. The first-order chi connectivity index (χ1) is 22.9. The highest BCUT2D eigenvalue weighted by Gasteiger charge is 2.39. The third kappa shape index (κ3) is 4.69. The van der Waals surface area contributed by atoms with E-state index in [0.717, 1.165) is 22.0 Å². The monoisotopic (exact) mass is 668 g/mol. The molecular formula is C36H38ClFN8O2. The molecule has 2 aliphatic heterocycles. The summed E-state index contributed by atoms with van der Waals surface area (Å²) in [6, 6.07) is 5.25. The molecule has 1 amide bonds. The van der Waals surface area contributed by atoms with Crippen molar-refractivity contribution in [2.75, 3.05) is 36.5 Å². The fourth-order valence-electron chi connectivity index (χ4n) is 7.54. The minimum atomic E-state index is -0.631. The number of carbonyl (C=O) groups excluding carboxylic acids is 1. The quantitative estimate of drug-likeness (QED) is 0.225. The minimum absolute atomic E-state index is 0.0694. The number of aromatic amines is 1. The number of carbonyl (C=O) groups is 1. The smallest absolute Gasteiger partial charge is 0.354 e. The number of hydrogen-bond acceptors (Lipinski definition) is 7. The van der Waals surface area contributed by atoms with Crippen LogP contribution in [0.1, 0.15) is 49.9 Å². The van der Waals surface area contributed by atoms with Gasteiger partial charge in [0.1, 0.15) is 11.3 Å². The van der Waals surface area contributed by atoms with Gasteiger partial charge in [-0.25, -0.2) is 9.18 Å². The molecule has 0 radical (unpaired) electrons. The molecule has 10 nitrogen and oxygen atoms in total. The Bertz CT molecular complexity index is 2210. The molecular weight excluding hydrogens is 631 g/mol. The molecule has 12 heteroatoms. The van der Waals surface area contributed by atoms with Gasteiger partial charge in [-0.05, 0) is 62.4 Å². The Balaban J connectivity index is 1.66. The average Bonchev–Trinajstić information content (AvgIpc) is 3.53. The lowest BCUT2D eigenvalue weighted by Crippen LogP contribution is -2.60. The molecule has 3 aromatic heterocycles. The topological polar surface area (TPSA) is 103 Å². The number of piperazine rings is 1. The van der Waals surface area contributed by atoms with E-state index in [9.17, 15) is 9.59 Å². The van der Waals surface area contributed by atoms with Crippen molar-refractivity contribution in [1.29, 1.82) is 0 Å². The van der Waals surface area contributed by atoms with Gasteiger partial charge < -0.3 is 14.7 Å². The van der Waals surface area contributed by atoms with Gasteiger partial charge in [-0.2, -0.15) is 10.1 Å². The molecule has 1 N–H and O–H groups in total. The number of hydrogen-bond donors (Lipinski definition) is 1. The Morgan fingerprint density at radius 3 is 2.65 bits per heavy atom. The SMILES string of the molecule is C=CC(=O)N1CC2CCN(C)c3c(Cl)c(-c4c(C)ccc5[nH]ncc45)c(F)c4c3c(nc(=O)n4-c3c(C)ccnc3C(C)C)N2CC1C. The standard InChI is InChI=1S/C36H38ClFN8O2/c1-8-25(47)44-17-22-12-14-43(7)33-28-34(30(38)27(29(33)37)26-19(4)9-10-24-23(26)15-40-42-24)46(32-20(5)11-13-39-31(32)18(2)3)36(48)41-35(28)45(22)16-21(44)6/h8-11,13,15,18,21-22H,1,12,14,16-17H2,2-7H3,(H,40,42). The average molecular weight is 669 g/mol. The number of nitrogens with zero attached hydrogens (tertiary/aromatic N) is 7. The molecule has 1 fully saturated rings. The molecule has 5 heterocycles. The van der Waals surface area contributed by atoms with Gasteiger partial charge in [0.2, 0.25) is 5.91 Å². The van der Waals surface area contributed by atoms with E-state index in [1.54, 1.807) is 17.3 Å². The number of nitrogens with one attached hydrogen (secondary N) is 1. The summed E-state index contributed by atoms with van der Waals surface area (Å²) >= 11 is 7.41. The maximum absolute atomic E-state index is 18.0. The van der Waals surface area contributed by atoms with Gasteiger partial charge >= 0.3 is 5.69 Å². The number of halogens is 2. The highest BCUT2D eigenvalue weighted by molar-refractivity contribution is 6.39. The van der Waals surface area contributed by atoms with Gasteiger partial charge in [0.25, 0.3) is 0 Å². The zero-order valence-electron chi connectivity index (χ0n) is 27.9. The van der Waals surface area contributed by atoms with E-state index in [1.165, 1.54) is 10.6 Å². The molecule has 2 aliphatic rings. The van der Waals surface area contributed by atoms with E-state index in [0.29, 0.717) is 59.9 Å². The maximum Gasteiger partial charge on any atom is 0.354 e. The molecule has 2 atom stereocenters. The van der Waals surface area contributed by atoms with Crippen LogP contribution in [0.2, 0.25) is 5.02 Å². The fraction of sp³-hybridized carbons (Fsp3) is 0.361. The Morgan fingerprint density at radius 2 is 1.92 bits per heavy atom. The summed E-state index contributed by atoms with van der Waals surface area (Å²) in [5.41, 5.74) is 4.32. The lowest BCUT2D eigenvalue weighted by atomic mass is 9.92. The third-order valence-corrected chi connectivity index (χ3v) is 10.3. The number of pyridine rings is 1. The second-order valence-corrected chi connectivity index (χ2v) is 13.7. The van der Waals surface area contributed by atoms with Crippen molar-refractivity contribution in [3.05, 3.63) is 81.4 Å². The Morgan fingerprint density at radius 1 is 1.15 bits per heavy atom. The predicted octanol–water partition coefficient (Wildman–Crippen LogP) is 6.29. The highest BCUT2D eigenvalue weighted by Crippen LogP contribution is 2.50. The third-order valence-electron chi connectivity index (χ3n) is 9.93. The first-order valence-corrected chi connectivity index (χ1v) is 16.6. The molecule has 7 rings (SSSR count). The number of rotatable bonds is 4. The van der Waals surface area contributed by atoms with Gasteiger partial charge in [0, 0.05) is 61.5 Å². The van der Waals surface area contributed by atoms with Gasteiger partial charge in [0.05, 0.1) is 39.2 Å². The normalized spacial score (nSPS) is 18.0. The summed E-state index contributed by atoms with van der Waals surface area (Å²) < 4.78 is 19.4. The van der Waals surface area contributed by atoms with E-state index in [-0.39, 0.29) is 40.0 Å². The van der Waals surface area contributed by atoms with Gasteiger partial charge in [-0.15, -0.1) is 0 Å². The minimum Gasteiger partial charge on any atom is -0.373 e. The molecule has 2 unspecified atom stereocenters. The molecule has 0 saturated carbocycles. The lowest BCUT2D eigenvalue weighted by Gasteiger charge is -2.47. The molecule has 2 aromatic carbocycles. The first kappa shape index (κ1) is 31.8. The van der Waals surface area contributed by atoms with E-state index in [1.807, 2.05) is 64.8 Å². The van der Waals surface area contributed by atoms with Crippen molar-refractivity contribution in [2.45, 2.75) is 59.0 Å². The van der Waals surface area contributed by atoms with Crippen molar-refractivity contribution in [3.8, 4) is 16.8 Å². The van der Waals surface area contributed by atoms with E-state index in [4.69, 9.17) is 16.6 Å². The molecule has 0 spiro atoms. The Kier molecular flexibility index (Phi) is 7.77. The van der Waals surface area contributed by atoms with E-state index < -0.39 is 11.5 Å². The van der Waals surface area contributed by atoms with E-state index in [2.05, 4.69) is 26.7 Å². The summed E-state index contributed by atoms with van der Waals surface area (Å²) in [4.78, 5) is 42.7. The van der Waals surface area contributed by atoms with Crippen molar-refractivity contribution >= 4 is 50.8 Å². The van der Waals surface area contributed by atoms with Crippen molar-refractivity contribution < 1.29 is 9.18 Å². The summed E-state index contributed by atoms with van der Waals surface area (Å²) in [6.07, 6.45) is 5.36. The molecule has 48 heavy (non-hydrogen) atoms. The Labute approximate surface area is 282 Å². The van der Waals surface area contributed by atoms with Crippen LogP contribution < -0.4 is 15.5 Å². The van der Waals surface area contributed by atoms with Crippen LogP contribution in [0.5, 0.6) is 0 Å². The van der Waals surface area contributed by atoms with Gasteiger partial charge in [0.15, 0.2) is 5.82 Å². The van der Waals surface area contributed by atoms with Gasteiger partial charge in [-0.1, -0.05) is 38.1 Å². The largest absolute Gasteiger partial charge is 0.373 e. The number of benzene rings is 2. The highest BCUT2D eigenvalue weighted by atomic mass is 35.5. The molecule has 0 bridgehead atoms. The van der Waals surface area contributed by atoms with Crippen LogP contribution in [0.4, 0.5) is 15.9 Å². The van der Waals surface area contributed by atoms with Crippen molar-refractivity contribution in [1.82, 2.24) is 29.6 Å². The van der Waals surface area contributed by atoms with Crippen molar-refractivity contribution in [3.63, 3.8) is 0 Å². The number of anilines is 2. The van der Waals surface area contributed by atoms with Crippen LogP contribution in [0.15, 0.2) is 48.0 Å². The number of aromatic nitrogens is 5. The van der Waals surface area contributed by atoms with Crippen LogP contribution in [0, 0.1) is 19.7 Å². The molecule has 1 saturated heterocycles. The number of H-pyrrole nitrogens is 1. The molecule has 0 aliphatic carbocycles. The predicted molar refractivity (Wildman–Crippen MR) is 189 cm³/mol. The molecule has 248 valence electrons. The van der Waals surface area contributed by atoms with Gasteiger partial charge in [-0.3, -0.25) is 19.4 Å². The summed E-state index contributed by atoms with van der Waals surface area (Å²) in [6.45, 7) is 14.8. The first-order valence-electron chi connectivity index (χ1n) is 16.2. The van der Waals surface area contributed by atoms with Crippen LogP contribution in [-0.2, 0) is 4.79 Å². The van der Waals surface area contributed by atoms with Crippen molar-refractivity contribution in [2.24, 2.45) is 0 Å². The zero-order valence-corrected chi connectivity index (χ0v) is 28.7. The fourth-order valence-corrected chi connectivity index (χ4v) is 7.95. The Hall–Kier alpha value is -4.77. The van der Waals surface area contributed by atoms with E-state index >= 15 is 4.39 Å². The lowest BCUT2D eigenvalue weighted by molar-refractivity contribution is -0.128. The molecule has 5 aromatic rings. The zero-order chi connectivity index (χ0) is 34.2. The second kappa shape index (κ2) is 11.7. The second-order valence-electron chi connectivity index (χ2n) is 13.3.